The number of nitrogens with zero attached hydrogens (tertiary/aromatic N) is 2. The third kappa shape index (κ3) is 2.77. The Bertz CT molecular complexity index is 722. The zero-order valence-electron chi connectivity index (χ0n) is 12.4. The van der Waals surface area contributed by atoms with Gasteiger partial charge in [0.2, 0.25) is 0 Å². The monoisotopic (exact) mass is 308 g/mol. The number of oxime groups is 1. The molecule has 0 atom stereocenters. The molecule has 3 rings (SSSR count). The lowest BCUT2D eigenvalue weighted by molar-refractivity contribution is 0.0123. The molecular formula is C15H17FN2O2S. The molecule has 0 saturated carbocycles. The van der Waals surface area contributed by atoms with Crippen LogP contribution >= 0.6 is 11.8 Å². The molecule has 0 radical (unpaired) electrons. The summed E-state index contributed by atoms with van der Waals surface area (Å²) < 4.78 is 18.4. The van der Waals surface area contributed by atoms with E-state index in [2.05, 4.69) is 10.3 Å². The quantitative estimate of drug-likeness (QED) is 0.822. The Kier molecular flexibility index (Phi) is 3.24. The number of benzene rings is 1. The lowest BCUT2D eigenvalue weighted by Gasteiger charge is -2.21. The molecular weight excluding hydrogens is 291 g/mol. The fourth-order valence-electron chi connectivity index (χ4n) is 2.35. The van der Waals surface area contributed by atoms with Crippen LogP contribution < -0.4 is 0 Å². The Morgan fingerprint density at radius 3 is 2.76 bits per heavy atom. The van der Waals surface area contributed by atoms with Crippen LogP contribution in [0.4, 0.5) is 4.39 Å². The second kappa shape index (κ2) is 4.73. The summed E-state index contributed by atoms with van der Waals surface area (Å²) in [5, 5.41) is 9.87. The summed E-state index contributed by atoms with van der Waals surface area (Å²) in [6.45, 7) is 8.04. The van der Waals surface area contributed by atoms with Crippen molar-refractivity contribution in [3.05, 3.63) is 29.7 Å². The molecule has 6 heteroatoms. The molecule has 0 N–H and O–H groups in total. The summed E-state index contributed by atoms with van der Waals surface area (Å²) in [5.41, 5.74) is 1.04. The van der Waals surface area contributed by atoms with E-state index in [-0.39, 0.29) is 16.2 Å². The molecule has 1 aliphatic rings. The van der Waals surface area contributed by atoms with E-state index < -0.39 is 0 Å². The minimum atomic E-state index is -0.387. The van der Waals surface area contributed by atoms with Crippen molar-refractivity contribution >= 4 is 27.8 Å². The third-order valence-electron chi connectivity index (χ3n) is 3.35. The summed E-state index contributed by atoms with van der Waals surface area (Å²) in [6.07, 6.45) is 0.755. The van der Waals surface area contributed by atoms with Crippen LogP contribution in [0.5, 0.6) is 0 Å². The molecule has 1 aliphatic heterocycles. The van der Waals surface area contributed by atoms with Gasteiger partial charge in [0.25, 0.3) is 0 Å². The summed E-state index contributed by atoms with van der Waals surface area (Å²) in [6, 6.07) is 4.43. The lowest BCUT2D eigenvalue weighted by atomic mass is 10.1. The molecule has 2 heterocycles. The van der Waals surface area contributed by atoms with Crippen LogP contribution in [0, 0.1) is 5.82 Å². The molecule has 0 aliphatic carbocycles. The summed E-state index contributed by atoms with van der Waals surface area (Å²) in [4.78, 5) is 5.39. The van der Waals surface area contributed by atoms with E-state index in [1.165, 1.54) is 12.1 Å². The molecule has 1 aromatic carbocycles. The summed E-state index contributed by atoms with van der Waals surface area (Å²) in [7, 11) is 0. The number of fused-ring (bicyclic) bond motifs is 1. The number of halogens is 1. The van der Waals surface area contributed by atoms with Gasteiger partial charge < -0.3 is 9.36 Å². The highest BCUT2D eigenvalue weighted by Crippen LogP contribution is 2.42. The van der Waals surface area contributed by atoms with Crippen molar-refractivity contribution in [3.63, 3.8) is 0 Å². The summed E-state index contributed by atoms with van der Waals surface area (Å²) in [5.74, 6) is -0.296. The highest BCUT2D eigenvalue weighted by molar-refractivity contribution is 8.14. The van der Waals surface area contributed by atoms with E-state index in [1.54, 1.807) is 17.8 Å². The Morgan fingerprint density at radius 2 is 2.10 bits per heavy atom. The molecule has 0 amide bonds. The highest BCUT2D eigenvalue weighted by Gasteiger charge is 2.36. The zero-order chi connectivity index (χ0) is 15.3. The van der Waals surface area contributed by atoms with Crippen molar-refractivity contribution in [2.24, 2.45) is 5.16 Å². The van der Waals surface area contributed by atoms with E-state index in [0.29, 0.717) is 11.0 Å². The number of thioether (sulfide) groups is 1. The van der Waals surface area contributed by atoms with Crippen LogP contribution in [0.25, 0.3) is 11.0 Å². The van der Waals surface area contributed by atoms with Gasteiger partial charge in [0.15, 0.2) is 5.58 Å². The number of aromatic nitrogens is 1. The second-order valence-electron chi connectivity index (χ2n) is 6.30. The van der Waals surface area contributed by atoms with Gasteiger partial charge in [0, 0.05) is 11.8 Å². The van der Waals surface area contributed by atoms with Crippen molar-refractivity contribution in [1.82, 2.24) is 5.16 Å². The molecule has 0 saturated heterocycles. The molecule has 112 valence electrons. The van der Waals surface area contributed by atoms with E-state index >= 15 is 0 Å². The van der Waals surface area contributed by atoms with Gasteiger partial charge in [-0.15, -0.1) is 0 Å². The van der Waals surface area contributed by atoms with Crippen molar-refractivity contribution < 1.29 is 13.8 Å². The Labute approximate surface area is 126 Å². The topological polar surface area (TPSA) is 47.6 Å². The Hall–Kier alpha value is -1.56. The van der Waals surface area contributed by atoms with Gasteiger partial charge in [-0.2, -0.15) is 0 Å². The van der Waals surface area contributed by atoms with Crippen LogP contribution in [-0.4, -0.2) is 15.8 Å². The van der Waals surface area contributed by atoms with Crippen LogP contribution in [0.15, 0.2) is 27.9 Å². The minimum absolute atomic E-state index is 0.267. The lowest BCUT2D eigenvalue weighted by Crippen LogP contribution is -2.20. The smallest absolute Gasteiger partial charge is 0.167 e. The average Bonchev–Trinajstić information content (AvgIpc) is 2.92. The van der Waals surface area contributed by atoms with Crippen LogP contribution in [0.2, 0.25) is 0 Å². The average molecular weight is 308 g/mol. The first kappa shape index (κ1) is 14.4. The fourth-order valence-corrected chi connectivity index (χ4v) is 3.67. The molecule has 0 fully saturated rings. The van der Waals surface area contributed by atoms with Gasteiger partial charge >= 0.3 is 0 Å². The number of hydrogen-bond donors (Lipinski definition) is 0. The fraction of sp³-hybridized carbons (Fsp3) is 0.467. The van der Waals surface area contributed by atoms with Gasteiger partial charge in [-0.3, -0.25) is 0 Å². The molecule has 1 aromatic heterocycles. The molecule has 0 unspecified atom stereocenters. The molecule has 2 aromatic rings. The maximum atomic E-state index is 13.5. The van der Waals surface area contributed by atoms with E-state index in [0.717, 1.165) is 17.2 Å². The van der Waals surface area contributed by atoms with E-state index in [9.17, 15) is 4.39 Å². The minimum Gasteiger partial charge on any atom is -0.389 e. The maximum Gasteiger partial charge on any atom is 0.167 e. The van der Waals surface area contributed by atoms with Crippen molar-refractivity contribution in [3.8, 4) is 0 Å². The normalized spacial score (nSPS) is 17.9. The zero-order valence-corrected chi connectivity index (χ0v) is 13.3. The van der Waals surface area contributed by atoms with Crippen LogP contribution in [0.1, 0.15) is 39.8 Å². The number of rotatable bonds is 2. The van der Waals surface area contributed by atoms with Crippen LogP contribution in [-0.2, 0) is 9.58 Å². The predicted molar refractivity (Wildman–Crippen MR) is 81.8 cm³/mol. The predicted octanol–water partition coefficient (Wildman–Crippen LogP) is 4.45. The SMILES string of the molecule is CC1(C)CC(SC(C)(C)c2noc3ccc(F)cc23)=NO1. The second-order valence-corrected chi connectivity index (χ2v) is 7.99. The molecule has 4 nitrogen and oxygen atoms in total. The van der Waals surface area contributed by atoms with Gasteiger partial charge in [0.1, 0.15) is 22.2 Å². The van der Waals surface area contributed by atoms with Gasteiger partial charge in [-0.25, -0.2) is 4.39 Å². The van der Waals surface area contributed by atoms with Gasteiger partial charge in [-0.05, 0) is 45.9 Å². The van der Waals surface area contributed by atoms with Crippen molar-refractivity contribution in [2.75, 3.05) is 0 Å². The first-order valence-electron chi connectivity index (χ1n) is 6.76. The Morgan fingerprint density at radius 1 is 1.33 bits per heavy atom. The van der Waals surface area contributed by atoms with E-state index in [1.807, 2.05) is 27.7 Å². The van der Waals surface area contributed by atoms with Gasteiger partial charge in [-0.1, -0.05) is 22.1 Å². The van der Waals surface area contributed by atoms with E-state index in [4.69, 9.17) is 9.36 Å². The highest BCUT2D eigenvalue weighted by atomic mass is 32.2. The third-order valence-corrected chi connectivity index (χ3v) is 4.50. The molecule has 0 spiro atoms. The largest absolute Gasteiger partial charge is 0.389 e. The van der Waals surface area contributed by atoms with Crippen molar-refractivity contribution in [2.45, 2.75) is 44.5 Å². The first-order chi connectivity index (χ1) is 9.77. The van der Waals surface area contributed by atoms with Crippen LogP contribution in [0.3, 0.4) is 0 Å². The standard InChI is InChI=1S/C15H17FN2O2S/c1-14(2)8-12(17-20-14)21-15(3,4)13-10-7-9(16)5-6-11(10)19-18-13/h5-7H,8H2,1-4H3. The first-order valence-corrected chi connectivity index (χ1v) is 7.58. The van der Waals surface area contributed by atoms with Gasteiger partial charge in [0.05, 0.1) is 4.75 Å². The van der Waals surface area contributed by atoms with Crippen molar-refractivity contribution in [1.29, 1.82) is 0 Å². The summed E-state index contributed by atoms with van der Waals surface area (Å²) >= 11 is 1.57. The molecule has 0 bridgehead atoms. The Balaban J connectivity index is 1.92. The number of hydrogen-bond acceptors (Lipinski definition) is 5. The maximum absolute atomic E-state index is 13.5. The molecule has 21 heavy (non-hydrogen) atoms.